The van der Waals surface area contributed by atoms with E-state index in [-0.39, 0.29) is 11.5 Å². The number of ketones is 1. The smallest absolute Gasteiger partial charge is 0.375 e. The van der Waals surface area contributed by atoms with E-state index in [1.54, 1.807) is 30.3 Å². The van der Waals surface area contributed by atoms with Gasteiger partial charge in [-0.3, -0.25) is 9.59 Å². The van der Waals surface area contributed by atoms with Gasteiger partial charge < -0.3 is 14.5 Å². The Labute approximate surface area is 181 Å². The normalized spacial score (nSPS) is 11.6. The molecule has 0 aliphatic rings. The van der Waals surface area contributed by atoms with Gasteiger partial charge in [-0.15, -0.1) is 0 Å². The molecule has 0 aliphatic heterocycles. The van der Waals surface area contributed by atoms with Gasteiger partial charge in [0.2, 0.25) is 5.76 Å². The fraction of sp³-hybridized carbons (Fsp3) is 0.240. The van der Waals surface area contributed by atoms with E-state index in [1.165, 1.54) is 19.9 Å². The summed E-state index contributed by atoms with van der Waals surface area (Å²) in [6.45, 7) is 8.83. The third-order valence-corrected chi connectivity index (χ3v) is 4.96. The molecule has 0 radical (unpaired) electrons. The lowest BCUT2D eigenvalue weighted by Gasteiger charge is -2.16. The highest BCUT2D eigenvalue weighted by molar-refractivity contribution is 5.98. The molecule has 160 valence electrons. The highest BCUT2D eigenvalue weighted by atomic mass is 16.6. The highest BCUT2D eigenvalue weighted by Gasteiger charge is 2.22. The number of furan rings is 1. The first-order chi connectivity index (χ1) is 14.7. The van der Waals surface area contributed by atoms with Crippen LogP contribution in [0.25, 0.3) is 11.3 Å². The Morgan fingerprint density at radius 2 is 1.55 bits per heavy atom. The van der Waals surface area contributed by atoms with Crippen LogP contribution in [0.1, 0.15) is 51.5 Å². The van der Waals surface area contributed by atoms with Crippen molar-refractivity contribution in [3.8, 4) is 11.3 Å². The van der Waals surface area contributed by atoms with Gasteiger partial charge in [0.05, 0.1) is 0 Å². The first-order valence-electron chi connectivity index (χ1n) is 9.96. The van der Waals surface area contributed by atoms with Crippen LogP contribution in [0.5, 0.6) is 0 Å². The second kappa shape index (κ2) is 9.00. The van der Waals surface area contributed by atoms with Gasteiger partial charge in [-0.05, 0) is 57.9 Å². The molecule has 3 aromatic rings. The van der Waals surface area contributed by atoms with Crippen molar-refractivity contribution in [1.29, 1.82) is 0 Å². The third-order valence-electron chi connectivity index (χ3n) is 4.96. The van der Waals surface area contributed by atoms with Gasteiger partial charge in [0.15, 0.2) is 11.9 Å². The van der Waals surface area contributed by atoms with Gasteiger partial charge in [-0.1, -0.05) is 42.0 Å². The molecule has 0 spiro atoms. The van der Waals surface area contributed by atoms with Crippen LogP contribution in [0.3, 0.4) is 0 Å². The van der Waals surface area contributed by atoms with Crippen molar-refractivity contribution in [3.63, 3.8) is 0 Å². The predicted molar refractivity (Wildman–Crippen MR) is 118 cm³/mol. The van der Waals surface area contributed by atoms with E-state index in [0.717, 1.165) is 22.3 Å². The first kappa shape index (κ1) is 22.0. The van der Waals surface area contributed by atoms with Gasteiger partial charge >= 0.3 is 5.97 Å². The number of anilines is 1. The Balaban J connectivity index is 1.66. The number of amides is 1. The molecule has 6 heteroatoms. The van der Waals surface area contributed by atoms with E-state index < -0.39 is 18.0 Å². The molecule has 1 amide bonds. The number of Topliss-reactive ketones (excluding diaryl/α,β-unsaturated/α-hetero) is 1. The Hall–Kier alpha value is -3.67. The Morgan fingerprint density at radius 1 is 0.935 bits per heavy atom. The van der Waals surface area contributed by atoms with Gasteiger partial charge in [0.1, 0.15) is 5.76 Å². The average Bonchev–Trinajstić information content (AvgIpc) is 3.21. The van der Waals surface area contributed by atoms with Crippen LogP contribution in [0.15, 0.2) is 52.9 Å². The van der Waals surface area contributed by atoms with Gasteiger partial charge in [0.25, 0.3) is 5.91 Å². The molecule has 0 saturated carbocycles. The van der Waals surface area contributed by atoms with Gasteiger partial charge in [-0.25, -0.2) is 4.79 Å². The summed E-state index contributed by atoms with van der Waals surface area (Å²) in [5.74, 6) is -0.724. The summed E-state index contributed by atoms with van der Waals surface area (Å²) in [6, 6.07) is 14.0. The molecule has 1 heterocycles. The molecule has 0 fully saturated rings. The van der Waals surface area contributed by atoms with Gasteiger partial charge in [0, 0.05) is 16.8 Å². The van der Waals surface area contributed by atoms with Crippen molar-refractivity contribution in [2.75, 3.05) is 5.32 Å². The van der Waals surface area contributed by atoms with E-state index in [1.807, 2.05) is 32.9 Å². The number of aryl methyl sites for hydroxylation is 3. The number of hydrogen-bond acceptors (Lipinski definition) is 5. The van der Waals surface area contributed by atoms with E-state index in [9.17, 15) is 14.4 Å². The van der Waals surface area contributed by atoms with Crippen LogP contribution in [0.2, 0.25) is 0 Å². The number of ether oxygens (including phenoxy) is 1. The minimum absolute atomic E-state index is 0.00649. The largest absolute Gasteiger partial charge is 0.449 e. The molecule has 0 saturated heterocycles. The number of benzene rings is 2. The standard InChI is InChI=1S/C25H25NO5/c1-14-12-15(2)23(16(3)13-14)26-24(28)18(5)30-25(29)22-11-10-21(31-22)20-8-6-19(7-9-20)17(4)27/h6-13,18H,1-5H3,(H,26,28)/t18-/m1/s1. The monoisotopic (exact) mass is 419 g/mol. The summed E-state index contributed by atoms with van der Waals surface area (Å²) < 4.78 is 10.9. The number of rotatable bonds is 6. The van der Waals surface area contributed by atoms with Crippen LogP contribution in [0, 0.1) is 20.8 Å². The second-order valence-electron chi connectivity index (χ2n) is 7.61. The van der Waals surface area contributed by atoms with Crippen LogP contribution >= 0.6 is 0 Å². The lowest BCUT2D eigenvalue weighted by Crippen LogP contribution is -2.30. The number of nitrogens with one attached hydrogen (secondary N) is 1. The number of esters is 1. The molecule has 0 unspecified atom stereocenters. The summed E-state index contributed by atoms with van der Waals surface area (Å²) in [5, 5.41) is 2.83. The SMILES string of the molecule is CC(=O)c1ccc(-c2ccc(C(=O)O[C@H](C)C(=O)Nc3c(C)cc(C)cc3C)o2)cc1. The van der Waals surface area contributed by atoms with E-state index in [2.05, 4.69) is 5.32 Å². The van der Waals surface area contributed by atoms with Crippen LogP contribution in [-0.2, 0) is 9.53 Å². The summed E-state index contributed by atoms with van der Waals surface area (Å²) in [6.07, 6.45) is -1.00. The zero-order valence-corrected chi connectivity index (χ0v) is 18.2. The maximum Gasteiger partial charge on any atom is 0.375 e. The van der Waals surface area contributed by atoms with E-state index in [4.69, 9.17) is 9.15 Å². The van der Waals surface area contributed by atoms with Crippen molar-refractivity contribution in [1.82, 2.24) is 0 Å². The molecule has 0 aliphatic carbocycles. The molecular formula is C25H25NO5. The Kier molecular flexibility index (Phi) is 6.39. The van der Waals surface area contributed by atoms with E-state index >= 15 is 0 Å². The second-order valence-corrected chi connectivity index (χ2v) is 7.61. The minimum Gasteiger partial charge on any atom is -0.449 e. The lowest BCUT2D eigenvalue weighted by atomic mass is 10.0. The average molecular weight is 419 g/mol. The fourth-order valence-electron chi connectivity index (χ4n) is 3.35. The first-order valence-corrected chi connectivity index (χ1v) is 9.96. The fourth-order valence-corrected chi connectivity index (χ4v) is 3.35. The molecule has 31 heavy (non-hydrogen) atoms. The maximum atomic E-state index is 12.5. The summed E-state index contributed by atoms with van der Waals surface area (Å²) in [7, 11) is 0. The van der Waals surface area contributed by atoms with Crippen molar-refractivity contribution >= 4 is 23.3 Å². The number of carbonyl (C=O) groups is 3. The molecule has 1 aromatic heterocycles. The minimum atomic E-state index is -1.00. The zero-order chi connectivity index (χ0) is 22.7. The molecule has 0 bridgehead atoms. The van der Waals surface area contributed by atoms with Crippen LogP contribution < -0.4 is 5.32 Å². The summed E-state index contributed by atoms with van der Waals surface area (Å²) in [4.78, 5) is 36.4. The topological polar surface area (TPSA) is 85.6 Å². The quantitative estimate of drug-likeness (QED) is 0.435. The Bertz CT molecular complexity index is 1120. The van der Waals surface area contributed by atoms with Crippen molar-refractivity contribution in [3.05, 3.63) is 76.5 Å². The van der Waals surface area contributed by atoms with Crippen molar-refractivity contribution in [2.24, 2.45) is 0 Å². The molecule has 2 aromatic carbocycles. The lowest BCUT2D eigenvalue weighted by molar-refractivity contribution is -0.123. The number of carbonyl (C=O) groups excluding carboxylic acids is 3. The highest BCUT2D eigenvalue weighted by Crippen LogP contribution is 2.24. The van der Waals surface area contributed by atoms with Gasteiger partial charge in [-0.2, -0.15) is 0 Å². The number of hydrogen-bond donors (Lipinski definition) is 1. The Morgan fingerprint density at radius 3 is 2.13 bits per heavy atom. The molecule has 6 nitrogen and oxygen atoms in total. The summed E-state index contributed by atoms with van der Waals surface area (Å²) >= 11 is 0. The third kappa shape index (κ3) is 5.09. The molecular weight excluding hydrogens is 394 g/mol. The summed E-state index contributed by atoms with van der Waals surface area (Å²) in [5.41, 5.74) is 5.02. The predicted octanol–water partition coefficient (Wildman–Crippen LogP) is 5.26. The maximum absolute atomic E-state index is 12.5. The van der Waals surface area contributed by atoms with Crippen LogP contribution in [-0.4, -0.2) is 23.8 Å². The van der Waals surface area contributed by atoms with Crippen LogP contribution in [0.4, 0.5) is 5.69 Å². The zero-order valence-electron chi connectivity index (χ0n) is 18.2. The van der Waals surface area contributed by atoms with Crippen molar-refractivity contribution in [2.45, 2.75) is 40.7 Å². The molecule has 1 N–H and O–H groups in total. The molecule has 3 rings (SSSR count). The molecule has 1 atom stereocenters. The van der Waals surface area contributed by atoms with Crippen molar-refractivity contribution < 1.29 is 23.5 Å². The van der Waals surface area contributed by atoms with E-state index in [0.29, 0.717) is 17.0 Å².